The van der Waals surface area contributed by atoms with Gasteiger partial charge in [-0.2, -0.15) is 0 Å². The van der Waals surface area contributed by atoms with Crippen molar-refractivity contribution in [2.24, 2.45) is 0 Å². The van der Waals surface area contributed by atoms with Crippen molar-refractivity contribution < 1.29 is 27.7 Å². The Morgan fingerprint density at radius 2 is 0.773 bits per heavy atom. The predicted octanol–water partition coefficient (Wildman–Crippen LogP) is 6.19. The minimum absolute atomic E-state index is 0. The molecule has 6 N–H and O–H groups in total. The minimum Gasteiger partial charge on any atom is -0.399 e. The van der Waals surface area contributed by atoms with Crippen molar-refractivity contribution in [2.45, 2.75) is 80.1 Å². The first-order valence-corrected chi connectivity index (χ1v) is 27.7. The normalized spacial score (nSPS) is 21.1. The highest BCUT2D eigenvalue weighted by Crippen LogP contribution is 2.32. The van der Waals surface area contributed by atoms with Crippen LogP contribution in [0.15, 0.2) is 54.6 Å². The fourth-order valence-corrected chi connectivity index (χ4v) is 11.6. The van der Waals surface area contributed by atoms with Crippen LogP contribution in [0.25, 0.3) is 0 Å². The van der Waals surface area contributed by atoms with E-state index in [9.17, 15) is 0 Å². The molecule has 15 nitrogen and oxygen atoms in total. The molecule has 3 unspecified atom stereocenters. The van der Waals surface area contributed by atoms with Gasteiger partial charge in [-0.1, -0.05) is 40.5 Å². The Morgan fingerprint density at radius 1 is 0.440 bits per heavy atom. The van der Waals surface area contributed by atoms with E-state index in [0.29, 0.717) is 18.3 Å². The zero-order chi connectivity index (χ0) is 51.5. The summed E-state index contributed by atoms with van der Waals surface area (Å²) < 4.78 is 21.0. The van der Waals surface area contributed by atoms with Gasteiger partial charge < -0.3 is 59.6 Å². The molecule has 75 heavy (non-hydrogen) atoms. The summed E-state index contributed by atoms with van der Waals surface area (Å²) in [6.07, 6.45) is 5.72. The zero-order valence-corrected chi connectivity index (χ0v) is 46.5. The van der Waals surface area contributed by atoms with Crippen LogP contribution in [0.3, 0.4) is 0 Å². The smallest absolute Gasteiger partial charge is 0.119 e. The molecule has 0 aromatic heterocycles. The molecule has 0 amide bonds. The Labute approximate surface area is 458 Å². The average Bonchev–Trinajstić information content (AvgIpc) is 4.06. The molecule has 6 aliphatic heterocycles. The number of benzene rings is 3. The van der Waals surface area contributed by atoms with Crippen molar-refractivity contribution in [3.05, 3.63) is 71.3 Å². The number of quaternary nitrogens is 3. The Morgan fingerprint density at radius 3 is 1.12 bits per heavy atom. The number of rotatable bonds is 18. The molecule has 9 rings (SSSR count). The SMILES string of the molecule is C.C.C.CC[N+](C)(CC)CC1CN(CCN2CCc3ccc(N)cc32)CCO1.C[N+](C)(C)CC1CN(CCCN2CCc3ccc(N)cc32)CCO1.C[N+](C)(C)CC1CN(CCN2CCc3ccc(N)cc32)CCO1. The Hall–Kier alpha value is -3.90. The highest BCUT2D eigenvalue weighted by Gasteiger charge is 2.31. The van der Waals surface area contributed by atoms with Gasteiger partial charge in [-0.3, -0.25) is 14.7 Å². The predicted molar refractivity (Wildman–Crippen MR) is 322 cm³/mol. The molecule has 3 aromatic carbocycles. The van der Waals surface area contributed by atoms with Crippen LogP contribution in [0.4, 0.5) is 34.1 Å². The molecule has 0 radical (unpaired) electrons. The number of morpholine rings is 3. The molecule has 0 spiro atoms. The van der Waals surface area contributed by atoms with E-state index < -0.39 is 0 Å². The molecule has 6 heterocycles. The van der Waals surface area contributed by atoms with Crippen molar-refractivity contribution in [2.75, 3.05) is 232 Å². The maximum Gasteiger partial charge on any atom is 0.119 e. The molecule has 0 saturated carbocycles. The van der Waals surface area contributed by atoms with E-state index in [4.69, 9.17) is 31.4 Å². The monoisotopic (exact) mass is 1050 g/mol. The van der Waals surface area contributed by atoms with Gasteiger partial charge in [0.15, 0.2) is 0 Å². The summed E-state index contributed by atoms with van der Waals surface area (Å²) in [5.74, 6) is 0. The van der Waals surface area contributed by atoms with Crippen LogP contribution in [-0.2, 0) is 33.5 Å². The highest BCUT2D eigenvalue weighted by atomic mass is 16.5. The van der Waals surface area contributed by atoms with Gasteiger partial charge in [0.1, 0.15) is 37.9 Å². The lowest BCUT2D eigenvalue weighted by molar-refractivity contribution is -0.909. The number of fused-ring (bicyclic) bond motifs is 3. The number of hydrogen-bond donors (Lipinski definition) is 3. The maximum absolute atomic E-state index is 6.06. The lowest BCUT2D eigenvalue weighted by Gasteiger charge is -2.40. The summed E-state index contributed by atoms with van der Waals surface area (Å²) in [6.45, 7) is 29.1. The van der Waals surface area contributed by atoms with Crippen LogP contribution in [0.1, 0.15) is 59.2 Å². The van der Waals surface area contributed by atoms with Crippen molar-refractivity contribution in [1.82, 2.24) is 14.7 Å². The molecular formula is C60H111N12O3+3. The van der Waals surface area contributed by atoms with E-state index in [2.05, 4.69) is 129 Å². The molecule has 0 aliphatic carbocycles. The topological polar surface area (TPSA) is 125 Å². The maximum atomic E-state index is 6.06. The minimum atomic E-state index is 0. The molecule has 6 aliphatic rings. The number of nitrogens with two attached hydrogens (primary N) is 3. The summed E-state index contributed by atoms with van der Waals surface area (Å²) in [7, 11) is 15.7. The van der Waals surface area contributed by atoms with Gasteiger partial charge in [0.25, 0.3) is 0 Å². The van der Waals surface area contributed by atoms with Crippen LogP contribution < -0.4 is 31.9 Å². The first-order chi connectivity index (χ1) is 34.3. The third-order valence-electron chi connectivity index (χ3n) is 15.9. The van der Waals surface area contributed by atoms with E-state index in [1.54, 1.807) is 0 Å². The van der Waals surface area contributed by atoms with E-state index in [0.717, 1.165) is 187 Å². The van der Waals surface area contributed by atoms with Gasteiger partial charge in [0.05, 0.1) is 82.2 Å². The summed E-state index contributed by atoms with van der Waals surface area (Å²) >= 11 is 0. The summed E-state index contributed by atoms with van der Waals surface area (Å²) in [6, 6.07) is 19.0. The third-order valence-corrected chi connectivity index (χ3v) is 15.9. The molecular weight excluding hydrogens is 937 g/mol. The quantitative estimate of drug-likeness (QED) is 0.0995. The van der Waals surface area contributed by atoms with E-state index in [1.807, 2.05) is 18.2 Å². The van der Waals surface area contributed by atoms with Crippen LogP contribution in [0.2, 0.25) is 0 Å². The molecule has 0 bridgehead atoms. The van der Waals surface area contributed by atoms with Gasteiger partial charge >= 0.3 is 0 Å². The third kappa shape index (κ3) is 19.5. The van der Waals surface area contributed by atoms with E-state index in [-0.39, 0.29) is 22.3 Å². The number of nitrogen functional groups attached to an aromatic ring is 3. The number of likely N-dealkylation sites (N-methyl/N-ethyl adjacent to an activating group) is 3. The van der Waals surface area contributed by atoms with E-state index >= 15 is 0 Å². The molecule has 3 saturated heterocycles. The first-order valence-electron chi connectivity index (χ1n) is 27.7. The fraction of sp³-hybridized carbons (Fsp3) is 0.700. The molecule has 15 heteroatoms. The van der Waals surface area contributed by atoms with E-state index in [1.165, 1.54) is 53.3 Å². The van der Waals surface area contributed by atoms with Crippen LogP contribution >= 0.6 is 0 Å². The van der Waals surface area contributed by atoms with Crippen LogP contribution in [-0.4, -0.2) is 247 Å². The molecule has 426 valence electrons. The lowest BCUT2D eigenvalue weighted by atomic mass is 10.1. The lowest BCUT2D eigenvalue weighted by Crippen LogP contribution is -2.55. The number of anilines is 6. The first kappa shape index (κ1) is 63.6. The second-order valence-electron chi connectivity index (χ2n) is 24.0. The Bertz CT molecular complexity index is 2140. The summed E-state index contributed by atoms with van der Waals surface area (Å²) in [5.41, 5.74) is 28.8. The van der Waals surface area contributed by atoms with Crippen molar-refractivity contribution in [3.63, 3.8) is 0 Å². The Balaban J connectivity index is 0.000000239. The largest absolute Gasteiger partial charge is 0.399 e. The van der Waals surface area contributed by atoms with Crippen molar-refractivity contribution in [1.29, 1.82) is 0 Å². The molecule has 3 aromatic rings. The summed E-state index contributed by atoms with van der Waals surface area (Å²) in [4.78, 5) is 15.2. The second-order valence-corrected chi connectivity index (χ2v) is 24.0. The van der Waals surface area contributed by atoms with Gasteiger partial charge in [-0.15, -0.1) is 0 Å². The number of hydrogen-bond acceptors (Lipinski definition) is 12. The number of ether oxygens (including phenoxy) is 3. The zero-order valence-electron chi connectivity index (χ0n) is 46.5. The number of nitrogens with zero attached hydrogens (tertiary/aromatic N) is 9. The fourth-order valence-electron chi connectivity index (χ4n) is 11.6. The Kier molecular flexibility index (Phi) is 24.8. The van der Waals surface area contributed by atoms with Crippen molar-refractivity contribution in [3.8, 4) is 0 Å². The van der Waals surface area contributed by atoms with Gasteiger partial charge in [-0.05, 0) is 92.6 Å². The summed E-state index contributed by atoms with van der Waals surface area (Å²) in [5, 5.41) is 0. The van der Waals surface area contributed by atoms with Crippen molar-refractivity contribution >= 4 is 34.1 Å². The molecule has 3 fully saturated rings. The molecule has 3 atom stereocenters. The van der Waals surface area contributed by atoms with Crippen LogP contribution in [0.5, 0.6) is 0 Å². The van der Waals surface area contributed by atoms with Crippen LogP contribution in [0, 0.1) is 0 Å². The average molecular weight is 1050 g/mol. The highest BCUT2D eigenvalue weighted by molar-refractivity contribution is 5.66. The van der Waals surface area contributed by atoms with Gasteiger partial charge in [0, 0.05) is 132 Å². The second kappa shape index (κ2) is 29.2. The standard InChI is InChI=1S/C20H35N4O.C19H33N4O.C18H31N4O.3CH4/c1-4-24(3,5-2)16-19-15-22(12-13-25-19)10-11-23-9-8-17-6-7-18(21)14-20(17)23;1-23(2,3)15-18-14-21(11-12-24-18)8-4-9-22-10-7-16-5-6-17(20)13-19(16)22;1-22(2,3)14-17-13-20(10-11-23-17)8-9-21-7-6-15-4-5-16(19)12-18(15)21;;;/h6-7,14,19H,4-5,8-13,15-16,21H2,1-3H3;5-6,13,18H,4,7-12,14-15,20H2,1-3H3;4-5,12,17H,6-11,13-14,19H2,1-3H3;3*1H4/q3*+1;;;. The van der Waals surface area contributed by atoms with Gasteiger partial charge in [-0.25, -0.2) is 0 Å². The van der Waals surface area contributed by atoms with Gasteiger partial charge in [0.2, 0.25) is 0 Å².